The van der Waals surface area contributed by atoms with Gasteiger partial charge in [0.15, 0.2) is 0 Å². The molecule has 0 saturated carbocycles. The van der Waals surface area contributed by atoms with Crippen LogP contribution in [0.2, 0.25) is 0 Å². The number of nitrogens with one attached hydrogen (secondary N) is 1. The van der Waals surface area contributed by atoms with Crippen LogP contribution in [0.1, 0.15) is 18.5 Å². The third kappa shape index (κ3) is 2.83. The summed E-state index contributed by atoms with van der Waals surface area (Å²) in [6.07, 6.45) is 2.96. The molecule has 1 aromatic rings. The summed E-state index contributed by atoms with van der Waals surface area (Å²) in [6.45, 7) is 1.92. The first kappa shape index (κ1) is 12.9. The zero-order valence-electron chi connectivity index (χ0n) is 10.3. The summed E-state index contributed by atoms with van der Waals surface area (Å²) in [5, 5.41) is 10.6. The average molecular weight is 250 g/mol. The molecule has 1 fully saturated rings. The summed E-state index contributed by atoms with van der Waals surface area (Å²) >= 11 is 0. The number of aromatic nitrogens is 2. The number of amides is 1. The van der Waals surface area contributed by atoms with Crippen LogP contribution in [0.15, 0.2) is 18.3 Å². The van der Waals surface area contributed by atoms with Gasteiger partial charge >= 0.3 is 0 Å². The summed E-state index contributed by atoms with van der Waals surface area (Å²) in [6, 6.07) is 3.62. The standard InChI is InChI=1S/C12H18N4O2/c13-9-12(3-6-18-7-4-12)11(17)14-8-10-2-1-5-15-16-10/h1-2,5H,3-4,6-9,13H2,(H,14,17). The molecule has 0 unspecified atom stereocenters. The first-order chi connectivity index (χ1) is 8.77. The SMILES string of the molecule is NCC1(C(=O)NCc2cccnn2)CCOCC1. The van der Waals surface area contributed by atoms with Gasteiger partial charge in [0.05, 0.1) is 17.7 Å². The van der Waals surface area contributed by atoms with E-state index in [1.165, 1.54) is 0 Å². The zero-order valence-corrected chi connectivity index (χ0v) is 10.3. The highest BCUT2D eigenvalue weighted by Crippen LogP contribution is 2.29. The van der Waals surface area contributed by atoms with E-state index in [4.69, 9.17) is 10.5 Å². The smallest absolute Gasteiger partial charge is 0.227 e. The Morgan fingerprint density at radius 3 is 2.89 bits per heavy atom. The molecule has 2 rings (SSSR count). The van der Waals surface area contributed by atoms with E-state index >= 15 is 0 Å². The fourth-order valence-electron chi connectivity index (χ4n) is 2.07. The topological polar surface area (TPSA) is 90.1 Å². The van der Waals surface area contributed by atoms with Crippen LogP contribution >= 0.6 is 0 Å². The van der Waals surface area contributed by atoms with Crippen LogP contribution < -0.4 is 11.1 Å². The number of hydrogen-bond donors (Lipinski definition) is 2. The lowest BCUT2D eigenvalue weighted by molar-refractivity contribution is -0.136. The fraction of sp³-hybridized carbons (Fsp3) is 0.583. The highest BCUT2D eigenvalue weighted by molar-refractivity contribution is 5.82. The maximum Gasteiger partial charge on any atom is 0.227 e. The van der Waals surface area contributed by atoms with E-state index in [0.717, 1.165) is 5.69 Å². The molecule has 0 aromatic carbocycles. The van der Waals surface area contributed by atoms with Gasteiger partial charge in [-0.2, -0.15) is 10.2 Å². The van der Waals surface area contributed by atoms with Gasteiger partial charge in [-0.1, -0.05) is 0 Å². The molecule has 0 aliphatic carbocycles. The number of rotatable bonds is 4. The molecule has 0 bridgehead atoms. The maximum atomic E-state index is 12.2. The third-order valence-electron chi connectivity index (χ3n) is 3.38. The van der Waals surface area contributed by atoms with Crippen molar-refractivity contribution < 1.29 is 9.53 Å². The third-order valence-corrected chi connectivity index (χ3v) is 3.38. The first-order valence-corrected chi connectivity index (χ1v) is 6.09. The molecule has 6 nitrogen and oxygen atoms in total. The Morgan fingerprint density at radius 1 is 1.50 bits per heavy atom. The molecule has 1 aromatic heterocycles. The van der Waals surface area contributed by atoms with Gasteiger partial charge in [-0.25, -0.2) is 0 Å². The highest BCUT2D eigenvalue weighted by Gasteiger charge is 2.38. The van der Waals surface area contributed by atoms with E-state index in [1.807, 2.05) is 6.07 Å². The Bertz CT molecular complexity index is 390. The Balaban J connectivity index is 1.94. The van der Waals surface area contributed by atoms with E-state index in [2.05, 4.69) is 15.5 Å². The van der Waals surface area contributed by atoms with Gasteiger partial charge < -0.3 is 15.8 Å². The molecule has 0 atom stereocenters. The number of carbonyl (C=O) groups excluding carboxylic acids is 1. The van der Waals surface area contributed by atoms with Crippen LogP contribution in [-0.4, -0.2) is 35.9 Å². The van der Waals surface area contributed by atoms with Crippen LogP contribution in [0.25, 0.3) is 0 Å². The predicted octanol–water partition coefficient (Wildman–Crippen LogP) is -0.152. The van der Waals surface area contributed by atoms with Crippen molar-refractivity contribution in [3.05, 3.63) is 24.0 Å². The number of ether oxygens (including phenoxy) is 1. The van der Waals surface area contributed by atoms with Gasteiger partial charge in [-0.15, -0.1) is 0 Å². The fourth-order valence-corrected chi connectivity index (χ4v) is 2.07. The quantitative estimate of drug-likeness (QED) is 0.775. The van der Waals surface area contributed by atoms with E-state index in [0.29, 0.717) is 39.1 Å². The van der Waals surface area contributed by atoms with Crippen LogP contribution in [-0.2, 0) is 16.1 Å². The highest BCUT2D eigenvalue weighted by atomic mass is 16.5. The van der Waals surface area contributed by atoms with E-state index in [9.17, 15) is 4.79 Å². The van der Waals surface area contributed by atoms with Crippen molar-refractivity contribution in [2.75, 3.05) is 19.8 Å². The van der Waals surface area contributed by atoms with Gasteiger partial charge in [0, 0.05) is 26.0 Å². The monoisotopic (exact) mass is 250 g/mol. The summed E-state index contributed by atoms with van der Waals surface area (Å²) < 4.78 is 5.28. The van der Waals surface area contributed by atoms with Crippen molar-refractivity contribution >= 4 is 5.91 Å². The van der Waals surface area contributed by atoms with Crippen LogP contribution in [0, 0.1) is 5.41 Å². The lowest BCUT2D eigenvalue weighted by atomic mass is 9.79. The van der Waals surface area contributed by atoms with E-state index < -0.39 is 5.41 Å². The van der Waals surface area contributed by atoms with Crippen molar-refractivity contribution in [2.24, 2.45) is 11.1 Å². The van der Waals surface area contributed by atoms with Crippen molar-refractivity contribution in [3.8, 4) is 0 Å². The van der Waals surface area contributed by atoms with Crippen molar-refractivity contribution in [3.63, 3.8) is 0 Å². The first-order valence-electron chi connectivity index (χ1n) is 6.09. The second kappa shape index (κ2) is 5.88. The molecular weight excluding hydrogens is 232 g/mol. The van der Waals surface area contributed by atoms with Crippen molar-refractivity contribution in [2.45, 2.75) is 19.4 Å². The van der Waals surface area contributed by atoms with E-state index in [-0.39, 0.29) is 5.91 Å². The maximum absolute atomic E-state index is 12.2. The minimum atomic E-state index is -0.486. The molecule has 1 saturated heterocycles. The lowest BCUT2D eigenvalue weighted by Crippen LogP contribution is -2.49. The number of nitrogens with zero attached hydrogens (tertiary/aromatic N) is 2. The molecule has 2 heterocycles. The van der Waals surface area contributed by atoms with Crippen molar-refractivity contribution in [1.82, 2.24) is 15.5 Å². The largest absolute Gasteiger partial charge is 0.381 e. The molecule has 1 aliphatic heterocycles. The van der Waals surface area contributed by atoms with Gasteiger partial charge in [0.2, 0.25) is 5.91 Å². The summed E-state index contributed by atoms with van der Waals surface area (Å²) in [5.74, 6) is -0.0149. The van der Waals surface area contributed by atoms with Gasteiger partial charge in [0.25, 0.3) is 0 Å². The Morgan fingerprint density at radius 2 is 2.28 bits per heavy atom. The second-order valence-electron chi connectivity index (χ2n) is 4.49. The van der Waals surface area contributed by atoms with Gasteiger partial charge in [-0.3, -0.25) is 4.79 Å². The molecule has 3 N–H and O–H groups in total. The molecule has 0 spiro atoms. The Hall–Kier alpha value is -1.53. The Kier molecular flexibility index (Phi) is 4.22. The second-order valence-corrected chi connectivity index (χ2v) is 4.49. The minimum absolute atomic E-state index is 0.0149. The lowest BCUT2D eigenvalue weighted by Gasteiger charge is -2.34. The summed E-state index contributed by atoms with van der Waals surface area (Å²) in [5.41, 5.74) is 6.02. The minimum Gasteiger partial charge on any atom is -0.381 e. The summed E-state index contributed by atoms with van der Waals surface area (Å²) in [7, 11) is 0. The molecule has 1 amide bonds. The molecule has 1 aliphatic rings. The molecule has 18 heavy (non-hydrogen) atoms. The molecule has 0 radical (unpaired) electrons. The van der Waals surface area contributed by atoms with Gasteiger partial charge in [0.1, 0.15) is 0 Å². The normalized spacial score (nSPS) is 18.3. The summed E-state index contributed by atoms with van der Waals surface area (Å²) in [4.78, 5) is 12.2. The zero-order chi connectivity index (χ0) is 12.8. The van der Waals surface area contributed by atoms with Crippen LogP contribution in [0.4, 0.5) is 0 Å². The number of hydrogen-bond acceptors (Lipinski definition) is 5. The van der Waals surface area contributed by atoms with Crippen LogP contribution in [0.5, 0.6) is 0 Å². The molecular formula is C12H18N4O2. The number of carbonyl (C=O) groups is 1. The van der Waals surface area contributed by atoms with E-state index in [1.54, 1.807) is 12.3 Å². The van der Waals surface area contributed by atoms with Crippen LogP contribution in [0.3, 0.4) is 0 Å². The van der Waals surface area contributed by atoms with Crippen molar-refractivity contribution in [1.29, 1.82) is 0 Å². The predicted molar refractivity (Wildman–Crippen MR) is 65.4 cm³/mol. The molecule has 6 heteroatoms. The number of nitrogens with two attached hydrogens (primary N) is 1. The molecule has 98 valence electrons. The average Bonchev–Trinajstić information content (AvgIpc) is 2.46. The van der Waals surface area contributed by atoms with Gasteiger partial charge in [-0.05, 0) is 25.0 Å². The Labute approximate surface area is 106 Å².